The van der Waals surface area contributed by atoms with E-state index >= 15 is 0 Å². The maximum Gasteiger partial charge on any atom is 0.178 e. The topological polar surface area (TPSA) is 72.2 Å². The molecular weight excluding hydrogens is 216 g/mol. The molecule has 1 aromatic rings. The average Bonchev–Trinajstić information content (AvgIpc) is 2.51. The molecule has 0 fully saturated rings. The van der Waals surface area contributed by atoms with E-state index < -0.39 is 9.84 Å². The standard InChI is InChI=1S/C9H16N2O3S/c1-8(12)4-3-5-11-7-9(6-10-11)15(2,13)14/h6-8,12H,3-5H2,1-2H3. The van der Waals surface area contributed by atoms with Crippen LogP contribution >= 0.6 is 0 Å². The summed E-state index contributed by atoms with van der Waals surface area (Å²) in [6.07, 6.45) is 5.16. The molecule has 15 heavy (non-hydrogen) atoms. The lowest BCUT2D eigenvalue weighted by Gasteiger charge is -2.03. The Hall–Kier alpha value is -0.880. The third kappa shape index (κ3) is 4.01. The van der Waals surface area contributed by atoms with E-state index in [9.17, 15) is 8.42 Å². The van der Waals surface area contributed by atoms with Crippen LogP contribution in [0.25, 0.3) is 0 Å². The molecule has 0 aliphatic heterocycles. The van der Waals surface area contributed by atoms with E-state index in [-0.39, 0.29) is 11.0 Å². The first-order valence-electron chi connectivity index (χ1n) is 4.80. The van der Waals surface area contributed by atoms with Crippen LogP contribution in [0.3, 0.4) is 0 Å². The van der Waals surface area contributed by atoms with Gasteiger partial charge in [0.25, 0.3) is 0 Å². The fourth-order valence-corrected chi connectivity index (χ4v) is 1.76. The number of nitrogens with zero attached hydrogens (tertiary/aromatic N) is 2. The van der Waals surface area contributed by atoms with E-state index in [4.69, 9.17) is 5.11 Å². The molecule has 1 atom stereocenters. The number of hydrogen-bond acceptors (Lipinski definition) is 4. The molecule has 0 aliphatic rings. The highest BCUT2D eigenvalue weighted by Crippen LogP contribution is 2.07. The maximum atomic E-state index is 11.1. The second-order valence-electron chi connectivity index (χ2n) is 3.70. The van der Waals surface area contributed by atoms with Gasteiger partial charge < -0.3 is 5.11 Å². The lowest BCUT2D eigenvalue weighted by atomic mass is 10.2. The van der Waals surface area contributed by atoms with Crippen molar-refractivity contribution < 1.29 is 13.5 Å². The summed E-state index contributed by atoms with van der Waals surface area (Å²) < 4.78 is 23.9. The van der Waals surface area contributed by atoms with Crippen LogP contribution in [0.2, 0.25) is 0 Å². The van der Waals surface area contributed by atoms with Crippen LogP contribution in [0.5, 0.6) is 0 Å². The van der Waals surface area contributed by atoms with Crippen LogP contribution in [-0.4, -0.2) is 35.7 Å². The van der Waals surface area contributed by atoms with Crippen LogP contribution in [0.1, 0.15) is 19.8 Å². The summed E-state index contributed by atoms with van der Waals surface area (Å²) in [5.41, 5.74) is 0. The van der Waals surface area contributed by atoms with Gasteiger partial charge in [0.05, 0.1) is 12.3 Å². The van der Waals surface area contributed by atoms with Gasteiger partial charge in [0.15, 0.2) is 9.84 Å². The van der Waals surface area contributed by atoms with Gasteiger partial charge in [-0.25, -0.2) is 8.42 Å². The fourth-order valence-electron chi connectivity index (χ4n) is 1.21. The molecule has 0 spiro atoms. The molecule has 1 heterocycles. The summed E-state index contributed by atoms with van der Waals surface area (Å²) in [4.78, 5) is 0.236. The molecule has 86 valence electrons. The van der Waals surface area contributed by atoms with Gasteiger partial charge in [-0.05, 0) is 19.8 Å². The second-order valence-corrected chi connectivity index (χ2v) is 5.72. The quantitative estimate of drug-likeness (QED) is 0.800. The van der Waals surface area contributed by atoms with Crippen molar-refractivity contribution in [1.82, 2.24) is 9.78 Å². The molecule has 0 radical (unpaired) electrons. The van der Waals surface area contributed by atoms with Crippen LogP contribution in [0, 0.1) is 0 Å². The van der Waals surface area contributed by atoms with E-state index in [1.54, 1.807) is 11.6 Å². The smallest absolute Gasteiger partial charge is 0.178 e. The van der Waals surface area contributed by atoms with Crippen molar-refractivity contribution in [1.29, 1.82) is 0 Å². The summed E-state index contributed by atoms with van der Waals surface area (Å²) >= 11 is 0. The predicted octanol–water partition coefficient (Wildman–Crippen LogP) is 0.448. The summed E-state index contributed by atoms with van der Waals surface area (Å²) in [5.74, 6) is 0. The molecule has 0 aliphatic carbocycles. The van der Waals surface area contributed by atoms with Crippen molar-refractivity contribution >= 4 is 9.84 Å². The minimum atomic E-state index is -3.16. The minimum absolute atomic E-state index is 0.236. The Balaban J connectivity index is 2.54. The molecule has 1 aromatic heterocycles. The lowest BCUT2D eigenvalue weighted by molar-refractivity contribution is 0.179. The van der Waals surface area contributed by atoms with Crippen LogP contribution in [-0.2, 0) is 16.4 Å². The van der Waals surface area contributed by atoms with Crippen molar-refractivity contribution in [2.24, 2.45) is 0 Å². The molecule has 1 N–H and O–H groups in total. The molecule has 0 aromatic carbocycles. The first-order valence-corrected chi connectivity index (χ1v) is 6.69. The molecule has 6 heteroatoms. The minimum Gasteiger partial charge on any atom is -0.393 e. The van der Waals surface area contributed by atoms with Gasteiger partial charge >= 0.3 is 0 Å². The molecule has 1 rings (SSSR count). The normalized spacial score (nSPS) is 14.1. The second kappa shape index (κ2) is 4.76. The third-order valence-electron chi connectivity index (χ3n) is 2.05. The maximum absolute atomic E-state index is 11.1. The molecule has 5 nitrogen and oxygen atoms in total. The Labute approximate surface area is 89.6 Å². The van der Waals surface area contributed by atoms with Gasteiger partial charge in [0.1, 0.15) is 4.90 Å². The number of aromatic nitrogens is 2. The molecule has 0 bridgehead atoms. The largest absolute Gasteiger partial charge is 0.393 e. The van der Waals surface area contributed by atoms with Crippen LogP contribution < -0.4 is 0 Å². The Morgan fingerprint density at radius 3 is 2.73 bits per heavy atom. The average molecular weight is 232 g/mol. The van der Waals surface area contributed by atoms with Crippen molar-refractivity contribution in [3.63, 3.8) is 0 Å². The number of rotatable bonds is 5. The monoisotopic (exact) mass is 232 g/mol. The summed E-state index contributed by atoms with van der Waals surface area (Å²) in [6.45, 7) is 2.35. The number of sulfone groups is 1. The van der Waals surface area contributed by atoms with Crippen LogP contribution in [0.15, 0.2) is 17.3 Å². The van der Waals surface area contributed by atoms with Gasteiger partial charge in [-0.2, -0.15) is 5.10 Å². The number of hydrogen-bond donors (Lipinski definition) is 1. The highest BCUT2D eigenvalue weighted by Gasteiger charge is 2.09. The van der Waals surface area contributed by atoms with Crippen molar-refractivity contribution in [2.75, 3.05) is 6.26 Å². The van der Waals surface area contributed by atoms with Gasteiger partial charge in [-0.15, -0.1) is 0 Å². The highest BCUT2D eigenvalue weighted by atomic mass is 32.2. The Morgan fingerprint density at radius 2 is 2.27 bits per heavy atom. The van der Waals surface area contributed by atoms with Crippen molar-refractivity contribution in [3.8, 4) is 0 Å². The van der Waals surface area contributed by atoms with E-state index in [1.165, 1.54) is 12.4 Å². The van der Waals surface area contributed by atoms with Crippen molar-refractivity contribution in [2.45, 2.75) is 37.3 Å². The molecule has 1 unspecified atom stereocenters. The molecule has 0 saturated heterocycles. The lowest BCUT2D eigenvalue weighted by Crippen LogP contribution is -2.04. The SMILES string of the molecule is CC(O)CCCn1cc(S(C)(=O)=O)cn1. The van der Waals surface area contributed by atoms with Gasteiger partial charge in [0, 0.05) is 19.0 Å². The summed E-state index contributed by atoms with van der Waals surface area (Å²) in [6, 6.07) is 0. The number of aryl methyl sites for hydroxylation is 1. The zero-order chi connectivity index (χ0) is 11.5. The summed E-state index contributed by atoms with van der Waals surface area (Å²) in [7, 11) is -3.16. The first kappa shape index (κ1) is 12.2. The highest BCUT2D eigenvalue weighted by molar-refractivity contribution is 7.90. The zero-order valence-electron chi connectivity index (χ0n) is 8.92. The van der Waals surface area contributed by atoms with E-state index in [2.05, 4.69) is 5.10 Å². The van der Waals surface area contributed by atoms with Gasteiger partial charge in [-0.1, -0.05) is 0 Å². The van der Waals surface area contributed by atoms with Crippen LogP contribution in [0.4, 0.5) is 0 Å². The van der Waals surface area contributed by atoms with Crippen molar-refractivity contribution in [3.05, 3.63) is 12.4 Å². The van der Waals surface area contributed by atoms with E-state index in [0.717, 1.165) is 12.7 Å². The molecular formula is C9H16N2O3S. The number of aliphatic hydroxyl groups excluding tert-OH is 1. The Bertz CT molecular complexity index is 409. The zero-order valence-corrected chi connectivity index (χ0v) is 9.74. The molecule has 0 amide bonds. The Morgan fingerprint density at radius 1 is 1.60 bits per heavy atom. The summed E-state index contributed by atoms with van der Waals surface area (Å²) in [5, 5.41) is 13.0. The Kier molecular flexibility index (Phi) is 3.87. The number of aliphatic hydroxyl groups is 1. The fraction of sp³-hybridized carbons (Fsp3) is 0.667. The van der Waals surface area contributed by atoms with E-state index in [1.807, 2.05) is 0 Å². The van der Waals surface area contributed by atoms with E-state index in [0.29, 0.717) is 13.0 Å². The van der Waals surface area contributed by atoms with Gasteiger partial charge in [0.2, 0.25) is 0 Å². The third-order valence-corrected chi connectivity index (χ3v) is 3.11. The van der Waals surface area contributed by atoms with Gasteiger partial charge in [-0.3, -0.25) is 4.68 Å². The first-order chi connectivity index (χ1) is 6.89. The predicted molar refractivity (Wildman–Crippen MR) is 56.3 cm³/mol. The molecule has 0 saturated carbocycles.